The normalized spacial score (nSPS) is 16.7. The second-order valence-corrected chi connectivity index (χ2v) is 7.52. The van der Waals surface area contributed by atoms with E-state index in [9.17, 15) is 9.59 Å². The molecular formula is C17H24N4O2S. The van der Waals surface area contributed by atoms with Gasteiger partial charge in [0.1, 0.15) is 4.83 Å². The van der Waals surface area contributed by atoms with E-state index in [2.05, 4.69) is 16.9 Å². The first kappa shape index (κ1) is 17.1. The fourth-order valence-corrected chi connectivity index (χ4v) is 4.42. The molecule has 3 rings (SSSR count). The second kappa shape index (κ2) is 6.64. The first-order valence-electron chi connectivity index (χ1n) is 8.38. The van der Waals surface area contributed by atoms with E-state index in [0.29, 0.717) is 21.6 Å². The molecule has 6 nitrogen and oxygen atoms in total. The van der Waals surface area contributed by atoms with Crippen molar-refractivity contribution in [2.24, 2.45) is 0 Å². The quantitative estimate of drug-likeness (QED) is 0.851. The highest BCUT2D eigenvalue weighted by molar-refractivity contribution is 7.20. The van der Waals surface area contributed by atoms with E-state index in [4.69, 9.17) is 0 Å². The van der Waals surface area contributed by atoms with Crippen molar-refractivity contribution < 1.29 is 4.79 Å². The van der Waals surface area contributed by atoms with E-state index in [1.807, 2.05) is 25.8 Å². The van der Waals surface area contributed by atoms with Crippen molar-refractivity contribution in [3.8, 4) is 0 Å². The van der Waals surface area contributed by atoms with Crippen LogP contribution < -0.4 is 5.56 Å². The van der Waals surface area contributed by atoms with Crippen molar-refractivity contribution >= 4 is 27.5 Å². The summed E-state index contributed by atoms with van der Waals surface area (Å²) in [5.41, 5.74) is 0.706. The highest BCUT2D eigenvalue weighted by atomic mass is 32.1. The minimum absolute atomic E-state index is 0.00695. The summed E-state index contributed by atoms with van der Waals surface area (Å²) in [5, 5.41) is 0.587. The lowest BCUT2D eigenvalue weighted by atomic mass is 10.0. The Labute approximate surface area is 145 Å². The number of aromatic nitrogens is 2. The largest absolute Gasteiger partial charge is 0.338 e. The van der Waals surface area contributed by atoms with Crippen molar-refractivity contribution in [3.63, 3.8) is 0 Å². The third-order valence-electron chi connectivity index (χ3n) is 5.01. The average Bonchev–Trinajstić information content (AvgIpc) is 2.92. The highest BCUT2D eigenvalue weighted by Crippen LogP contribution is 2.29. The minimum Gasteiger partial charge on any atom is -0.338 e. The Balaban J connectivity index is 1.94. The number of carbonyl (C=O) groups excluding carboxylic acids is 1. The molecule has 24 heavy (non-hydrogen) atoms. The Morgan fingerprint density at radius 1 is 1.42 bits per heavy atom. The van der Waals surface area contributed by atoms with Crippen LogP contribution in [0.4, 0.5) is 0 Å². The standard InChI is InChI=1S/C17H24N4O2S/c1-5-21-10-18-15-13(16(21)22)11(2)14(24-15)17(23)20(4)12-6-8-19(3)9-7-12/h10,12H,5-9H2,1-4H3. The number of nitrogens with zero attached hydrogens (tertiary/aromatic N) is 4. The van der Waals surface area contributed by atoms with Gasteiger partial charge in [0.2, 0.25) is 0 Å². The van der Waals surface area contributed by atoms with Gasteiger partial charge >= 0.3 is 0 Å². The first-order valence-corrected chi connectivity index (χ1v) is 9.20. The van der Waals surface area contributed by atoms with Crippen LogP contribution in [0.5, 0.6) is 0 Å². The monoisotopic (exact) mass is 348 g/mol. The molecule has 0 bridgehead atoms. The van der Waals surface area contributed by atoms with Crippen LogP contribution in [0, 0.1) is 6.92 Å². The molecular weight excluding hydrogens is 324 g/mol. The summed E-state index contributed by atoms with van der Waals surface area (Å²) in [4.78, 5) is 35.3. The van der Waals surface area contributed by atoms with Crippen LogP contribution in [-0.4, -0.2) is 58.5 Å². The van der Waals surface area contributed by atoms with Crippen LogP contribution in [0.2, 0.25) is 0 Å². The number of piperidine rings is 1. The van der Waals surface area contributed by atoms with E-state index < -0.39 is 0 Å². The van der Waals surface area contributed by atoms with Gasteiger partial charge in [-0.05, 0) is 52.4 Å². The van der Waals surface area contributed by atoms with Crippen LogP contribution in [-0.2, 0) is 6.54 Å². The third-order valence-corrected chi connectivity index (χ3v) is 6.20. The van der Waals surface area contributed by atoms with Crippen molar-refractivity contribution in [2.75, 3.05) is 27.2 Å². The van der Waals surface area contributed by atoms with Crippen LogP contribution >= 0.6 is 11.3 Å². The van der Waals surface area contributed by atoms with Crippen LogP contribution in [0.15, 0.2) is 11.1 Å². The Hall–Kier alpha value is -1.73. The van der Waals surface area contributed by atoms with Gasteiger partial charge in [0.15, 0.2) is 0 Å². The second-order valence-electron chi connectivity index (χ2n) is 6.52. The predicted molar refractivity (Wildman–Crippen MR) is 96.9 cm³/mol. The molecule has 2 aromatic heterocycles. The van der Waals surface area contributed by atoms with Gasteiger partial charge in [0, 0.05) is 19.6 Å². The molecule has 0 spiro atoms. The zero-order valence-electron chi connectivity index (χ0n) is 14.7. The molecule has 1 aliphatic heterocycles. The molecule has 1 aliphatic rings. The van der Waals surface area contributed by atoms with E-state index in [1.165, 1.54) is 11.3 Å². The maximum absolute atomic E-state index is 13.0. The van der Waals surface area contributed by atoms with Crippen LogP contribution in [0.1, 0.15) is 35.0 Å². The number of fused-ring (bicyclic) bond motifs is 1. The number of aryl methyl sites for hydroxylation is 2. The number of amides is 1. The van der Waals surface area contributed by atoms with Gasteiger partial charge < -0.3 is 9.80 Å². The zero-order valence-corrected chi connectivity index (χ0v) is 15.5. The summed E-state index contributed by atoms with van der Waals surface area (Å²) >= 11 is 1.33. The molecule has 130 valence electrons. The first-order chi connectivity index (χ1) is 11.4. The van der Waals surface area contributed by atoms with E-state index in [1.54, 1.807) is 10.9 Å². The molecule has 0 saturated carbocycles. The van der Waals surface area contributed by atoms with Gasteiger partial charge in [0.25, 0.3) is 11.5 Å². The van der Waals surface area contributed by atoms with Gasteiger partial charge in [-0.1, -0.05) is 0 Å². The fourth-order valence-electron chi connectivity index (χ4n) is 3.30. The number of likely N-dealkylation sites (tertiary alicyclic amines) is 1. The van der Waals surface area contributed by atoms with E-state index >= 15 is 0 Å². The molecule has 0 aromatic carbocycles. The highest BCUT2D eigenvalue weighted by Gasteiger charge is 2.28. The van der Waals surface area contributed by atoms with Gasteiger partial charge in [-0.15, -0.1) is 11.3 Å². The summed E-state index contributed by atoms with van der Waals surface area (Å²) in [6, 6.07) is 0.263. The lowest BCUT2D eigenvalue weighted by molar-refractivity contribution is 0.0664. The number of hydrogen-bond acceptors (Lipinski definition) is 5. The predicted octanol–water partition coefficient (Wildman–Crippen LogP) is 1.95. The van der Waals surface area contributed by atoms with Crippen molar-refractivity contribution in [1.82, 2.24) is 19.4 Å². The lowest BCUT2D eigenvalue weighted by Crippen LogP contribution is -2.44. The molecule has 7 heteroatoms. The molecule has 0 aliphatic carbocycles. The van der Waals surface area contributed by atoms with Crippen molar-refractivity contribution in [2.45, 2.75) is 39.3 Å². The summed E-state index contributed by atoms with van der Waals surface area (Å²) < 4.78 is 1.58. The van der Waals surface area contributed by atoms with Gasteiger partial charge in [0.05, 0.1) is 16.6 Å². The molecule has 1 amide bonds. The number of rotatable bonds is 3. The maximum Gasteiger partial charge on any atom is 0.264 e. The summed E-state index contributed by atoms with van der Waals surface area (Å²) in [6.45, 7) is 6.37. The number of carbonyl (C=O) groups is 1. The Morgan fingerprint density at radius 3 is 2.71 bits per heavy atom. The SMILES string of the molecule is CCn1cnc2sc(C(=O)N(C)C3CCN(C)CC3)c(C)c2c1=O. The Kier molecular flexibility index (Phi) is 4.73. The zero-order chi connectivity index (χ0) is 17.4. The van der Waals surface area contributed by atoms with E-state index in [0.717, 1.165) is 31.5 Å². The topological polar surface area (TPSA) is 58.4 Å². The van der Waals surface area contributed by atoms with Gasteiger partial charge in [-0.3, -0.25) is 14.2 Å². The third kappa shape index (κ3) is 2.86. The average molecular weight is 348 g/mol. The lowest BCUT2D eigenvalue weighted by Gasteiger charge is -2.35. The Morgan fingerprint density at radius 2 is 2.08 bits per heavy atom. The van der Waals surface area contributed by atoms with Crippen LogP contribution in [0.3, 0.4) is 0 Å². The number of hydrogen-bond donors (Lipinski definition) is 0. The maximum atomic E-state index is 13.0. The fraction of sp³-hybridized carbons (Fsp3) is 0.588. The minimum atomic E-state index is -0.0581. The smallest absolute Gasteiger partial charge is 0.264 e. The van der Waals surface area contributed by atoms with Crippen molar-refractivity contribution in [3.05, 3.63) is 27.1 Å². The summed E-state index contributed by atoms with van der Waals surface area (Å²) in [7, 11) is 3.98. The molecule has 0 unspecified atom stereocenters. The van der Waals surface area contributed by atoms with Gasteiger partial charge in [-0.25, -0.2) is 4.98 Å². The molecule has 0 radical (unpaired) electrons. The van der Waals surface area contributed by atoms with Gasteiger partial charge in [-0.2, -0.15) is 0 Å². The molecule has 3 heterocycles. The molecule has 0 atom stereocenters. The van der Waals surface area contributed by atoms with Crippen LogP contribution in [0.25, 0.3) is 10.2 Å². The van der Waals surface area contributed by atoms with Crippen molar-refractivity contribution in [1.29, 1.82) is 0 Å². The summed E-state index contributed by atoms with van der Waals surface area (Å²) in [5.74, 6) is 0.00695. The molecule has 2 aromatic rings. The summed E-state index contributed by atoms with van der Waals surface area (Å²) in [6.07, 6.45) is 3.54. The molecule has 0 N–H and O–H groups in total. The molecule has 1 saturated heterocycles. The molecule has 1 fully saturated rings. The number of thiophene rings is 1. The van der Waals surface area contributed by atoms with E-state index in [-0.39, 0.29) is 17.5 Å². The Bertz CT molecular complexity index is 818.